The third-order valence-electron chi connectivity index (χ3n) is 2.40. The molecule has 2 aromatic rings. The van der Waals surface area contributed by atoms with Crippen molar-refractivity contribution in [2.45, 2.75) is 13.8 Å². The van der Waals surface area contributed by atoms with E-state index in [2.05, 4.69) is 49.4 Å². The number of hydrogen-bond donors (Lipinski definition) is 0. The molecule has 2 rings (SSSR count). The first-order valence-electron chi connectivity index (χ1n) is 4.85. The Balaban J connectivity index is 0.00000112. The van der Waals surface area contributed by atoms with E-state index in [1.54, 1.807) is 0 Å². The molecule has 0 saturated carbocycles. The zero-order valence-corrected chi connectivity index (χ0v) is 15.6. The fraction of sp³-hybridized carbons (Fsp3) is 0.143. The average Bonchev–Trinajstić information content (AvgIpc) is 2.18. The molecule has 15 heavy (non-hydrogen) atoms. The Hall–Kier alpha value is -2.56. The van der Waals surface area contributed by atoms with Gasteiger partial charge in [0.05, 0.1) is 0 Å². The Labute approximate surface area is 84.9 Å². The van der Waals surface area contributed by atoms with Crippen molar-refractivity contribution in [1.82, 2.24) is 0 Å². The molecule has 2 aromatic carbocycles. The topological polar surface area (TPSA) is 0 Å². The number of aryl methyl sites for hydroxylation is 1. The maximum Gasteiger partial charge on any atom is 0 e. The summed E-state index contributed by atoms with van der Waals surface area (Å²) in [5.41, 5.74) is 2.47. The Morgan fingerprint density at radius 2 is 2.00 bits per heavy atom. The van der Waals surface area contributed by atoms with E-state index in [1.165, 1.54) is 21.9 Å². The zero-order valence-electron chi connectivity index (χ0n) is 9.25. The largest absolute Gasteiger partial charge is 0.180 e. The molecule has 0 amide bonds. The quantitative estimate of drug-likeness (QED) is 0.580. The van der Waals surface area contributed by atoms with Crippen LogP contribution in [0.2, 0.25) is 0 Å². The average molecular weight is 448 g/mol. The van der Waals surface area contributed by atoms with Gasteiger partial charge in [-0.2, -0.15) is 23.8 Å². The maximum atomic E-state index is 3.21. The fourth-order valence-corrected chi connectivity index (χ4v) is 1.69. The van der Waals surface area contributed by atoms with Crippen LogP contribution in [0, 0.1) is 13.0 Å². The molecule has 0 bridgehead atoms. The minimum Gasteiger partial charge on any atom is -0.180 e. The predicted octanol–water partition coefficient (Wildman–Crippen LogP) is 3.98. The predicted molar refractivity (Wildman–Crippen MR) is 62.2 cm³/mol. The van der Waals surface area contributed by atoms with Crippen molar-refractivity contribution in [3.05, 3.63) is 53.6 Å². The summed E-state index contributed by atoms with van der Waals surface area (Å²) in [7, 11) is 0. The van der Waals surface area contributed by atoms with Gasteiger partial charge in [0, 0.05) is 0 Å². The molecule has 0 nitrogen and oxygen atoms in total. The number of rotatable bonds is 1. The van der Waals surface area contributed by atoms with Gasteiger partial charge >= 0.3 is 0 Å². The van der Waals surface area contributed by atoms with Gasteiger partial charge in [-0.3, -0.25) is 0 Å². The van der Waals surface area contributed by atoms with Crippen molar-refractivity contribution >= 4 is 16.8 Å². The van der Waals surface area contributed by atoms with Gasteiger partial charge in [-0.25, -0.2) is 0 Å². The van der Waals surface area contributed by atoms with Crippen LogP contribution in [0.25, 0.3) is 16.8 Å². The number of hydrogen-bond acceptors (Lipinski definition) is 0. The molecule has 0 aromatic heterocycles. The monoisotopic (exact) mass is 448 g/mol. The molecule has 0 unspecified atom stereocenters. The third kappa shape index (κ3) is 1.86. The third-order valence-corrected chi connectivity index (χ3v) is 2.40. The van der Waals surface area contributed by atoms with Gasteiger partial charge < -0.3 is 0 Å². The first kappa shape index (κ1) is 10.5. The van der Waals surface area contributed by atoms with Crippen LogP contribution in [0.5, 0.6) is 0 Å². The van der Waals surface area contributed by atoms with E-state index >= 15 is 0 Å². The fourth-order valence-electron chi connectivity index (χ4n) is 1.69. The van der Waals surface area contributed by atoms with E-state index in [0.717, 1.165) is 0 Å². The van der Waals surface area contributed by atoms with Crippen LogP contribution in [-0.4, -0.2) is 0 Å². The van der Waals surface area contributed by atoms with Crippen LogP contribution < -0.4 is 0 Å². The van der Waals surface area contributed by atoms with Gasteiger partial charge in [-0.15, -0.1) is 16.8 Å². The minimum atomic E-state index is 0. The van der Waals surface area contributed by atoms with Crippen molar-refractivity contribution in [3.63, 3.8) is 0 Å². The summed E-state index contributed by atoms with van der Waals surface area (Å²) in [6.07, 6.45) is 4.18. The number of fused-ring (bicyclic) bond motifs is 1. The molecule has 0 N–H and O–H groups in total. The second kappa shape index (κ2) is 4.10. The van der Waals surface area contributed by atoms with Crippen molar-refractivity contribution in [2.24, 2.45) is 0 Å². The maximum absolute atomic E-state index is 3.21. The Bertz CT molecular complexity index is 484. The molecular weight excluding hydrogens is 435 g/mol. The second-order valence-corrected chi connectivity index (χ2v) is 3.45. The molecule has 0 aliphatic rings. The van der Waals surface area contributed by atoms with Gasteiger partial charge in [-0.05, 0) is 12.5 Å². The van der Waals surface area contributed by atoms with Gasteiger partial charge in [0.1, 0.15) is 0 Å². The summed E-state index contributed by atoms with van der Waals surface area (Å²) in [6.45, 7) is 4.13. The van der Waals surface area contributed by atoms with Crippen LogP contribution in [0.4, 0.5) is 0 Å². The van der Waals surface area contributed by atoms with E-state index in [9.17, 15) is 0 Å². The van der Waals surface area contributed by atoms with Crippen LogP contribution in [-0.2, 0) is 0 Å². The summed E-state index contributed by atoms with van der Waals surface area (Å²) in [5.74, 6) is 0. The standard InChI is InChI=1S/C14H13.Rf/c1-3-5-12-8-9-14-11(2)6-4-7-13(14)10-12;/h3-5,7-10H,1-2H3;/q-1;/b5-3+;. The molecule has 0 heterocycles. The summed E-state index contributed by atoms with van der Waals surface area (Å²) >= 11 is 0. The Morgan fingerprint density at radius 3 is 2.73 bits per heavy atom. The summed E-state index contributed by atoms with van der Waals surface area (Å²) in [4.78, 5) is 0. The van der Waals surface area contributed by atoms with Gasteiger partial charge in [-0.1, -0.05) is 31.2 Å². The van der Waals surface area contributed by atoms with E-state index < -0.39 is 0 Å². The molecule has 0 fully saturated rings. The summed E-state index contributed by atoms with van der Waals surface area (Å²) < 4.78 is 0. The normalized spacial score (nSPS) is 10.5. The number of allylic oxidation sites excluding steroid dienone is 1. The SMILES string of the molecule is C/C=C/c1ccc2c(C)[c-]ccc2c1.[Rf]. The molecule has 0 aliphatic carbocycles. The second-order valence-electron chi connectivity index (χ2n) is 3.45. The van der Waals surface area contributed by atoms with E-state index in [-0.39, 0.29) is 0 Å². The molecular formula is C14H13Rf-. The minimum absolute atomic E-state index is 0. The van der Waals surface area contributed by atoms with Crippen molar-refractivity contribution < 1.29 is 0 Å². The van der Waals surface area contributed by atoms with Crippen LogP contribution in [0.3, 0.4) is 0 Å². The first-order valence-corrected chi connectivity index (χ1v) is 4.85. The van der Waals surface area contributed by atoms with Crippen LogP contribution in [0.1, 0.15) is 18.1 Å². The Morgan fingerprint density at radius 1 is 1.20 bits per heavy atom. The van der Waals surface area contributed by atoms with E-state index in [4.69, 9.17) is 0 Å². The van der Waals surface area contributed by atoms with Gasteiger partial charge in [0.15, 0.2) is 0 Å². The van der Waals surface area contributed by atoms with Crippen LogP contribution >= 0.6 is 0 Å². The zero-order chi connectivity index (χ0) is 9.97. The van der Waals surface area contributed by atoms with E-state index in [1.807, 2.05) is 13.0 Å². The summed E-state index contributed by atoms with van der Waals surface area (Å²) in [5, 5.41) is 2.58. The Kier molecular flexibility index (Phi) is 2.88. The van der Waals surface area contributed by atoms with Crippen molar-refractivity contribution in [3.8, 4) is 0 Å². The van der Waals surface area contributed by atoms with Crippen molar-refractivity contribution in [1.29, 1.82) is 0 Å². The molecule has 72 valence electrons. The number of benzene rings is 2. The van der Waals surface area contributed by atoms with Crippen LogP contribution in [0.15, 0.2) is 36.4 Å². The van der Waals surface area contributed by atoms with Gasteiger partial charge in [0.25, 0.3) is 0 Å². The summed E-state index contributed by atoms with van der Waals surface area (Å²) in [6, 6.07) is 13.8. The molecule has 0 atom stereocenters. The van der Waals surface area contributed by atoms with Gasteiger partial charge in [0.2, 0.25) is 0 Å². The molecule has 0 spiro atoms. The molecule has 1 heteroatoms. The van der Waals surface area contributed by atoms with Crippen molar-refractivity contribution in [2.75, 3.05) is 0 Å². The first-order chi connectivity index (χ1) is 6.81. The molecule has 0 radical (unpaired) electrons. The molecule has 0 aliphatic heterocycles. The van der Waals surface area contributed by atoms with E-state index in [0.29, 0.717) is 0 Å². The smallest absolute Gasteiger partial charge is 0 e. The molecule has 0 saturated heterocycles.